The van der Waals surface area contributed by atoms with Crippen LogP contribution in [0.25, 0.3) is 0 Å². The number of rotatable bonds is 8. The van der Waals surface area contributed by atoms with Crippen LogP contribution in [0.1, 0.15) is 25.0 Å². The predicted molar refractivity (Wildman–Crippen MR) is 127 cm³/mol. The van der Waals surface area contributed by atoms with Crippen molar-refractivity contribution in [1.82, 2.24) is 19.2 Å². The third kappa shape index (κ3) is 5.42. The van der Waals surface area contributed by atoms with Crippen LogP contribution < -0.4 is 4.90 Å². The highest BCUT2D eigenvalue weighted by Crippen LogP contribution is 2.19. The van der Waals surface area contributed by atoms with Gasteiger partial charge in [0.2, 0.25) is 10.7 Å². The topological polar surface area (TPSA) is 38.5 Å². The van der Waals surface area contributed by atoms with Crippen LogP contribution in [-0.2, 0) is 24.5 Å². The number of benzene rings is 2. The van der Waals surface area contributed by atoms with Crippen LogP contribution in [-0.4, -0.2) is 51.6 Å². The first-order chi connectivity index (χ1) is 15.1. The van der Waals surface area contributed by atoms with Crippen molar-refractivity contribution in [1.29, 1.82) is 0 Å². The number of anilines is 1. The molecule has 2 heterocycles. The summed E-state index contributed by atoms with van der Waals surface area (Å²) in [6, 6.07) is 21.4. The molecule has 0 spiro atoms. The number of morpholine rings is 1. The van der Waals surface area contributed by atoms with Gasteiger partial charge < -0.3 is 9.64 Å². The largest absolute Gasteiger partial charge is 0.378 e. The highest BCUT2D eigenvalue weighted by molar-refractivity contribution is 7.71. The fourth-order valence-electron chi connectivity index (χ4n) is 3.81. The molecular formula is C24H31N5OS. The number of nitrogens with zero attached hydrogens (tertiary/aromatic N) is 5. The first kappa shape index (κ1) is 21.7. The van der Waals surface area contributed by atoms with Gasteiger partial charge in [-0.2, -0.15) is 0 Å². The Morgan fingerprint density at radius 1 is 0.968 bits per heavy atom. The van der Waals surface area contributed by atoms with E-state index in [9.17, 15) is 0 Å². The van der Waals surface area contributed by atoms with Crippen molar-refractivity contribution in [3.8, 4) is 0 Å². The average Bonchev–Trinajstić information content (AvgIpc) is 3.10. The second-order valence-electron chi connectivity index (χ2n) is 8.22. The molecule has 1 aliphatic heterocycles. The second-order valence-corrected chi connectivity index (χ2v) is 8.59. The fourth-order valence-corrected chi connectivity index (χ4v) is 4.05. The minimum Gasteiger partial charge on any atom is -0.378 e. The number of hydrogen-bond donors (Lipinski definition) is 0. The van der Waals surface area contributed by atoms with Gasteiger partial charge in [-0.1, -0.05) is 60.7 Å². The minimum atomic E-state index is 0.369. The van der Waals surface area contributed by atoms with Gasteiger partial charge in [-0.25, -0.2) is 4.68 Å². The number of aromatic nitrogens is 3. The maximum absolute atomic E-state index is 5.93. The zero-order chi connectivity index (χ0) is 21.6. The van der Waals surface area contributed by atoms with Crippen LogP contribution in [0.4, 0.5) is 5.95 Å². The molecule has 4 rings (SSSR count). The van der Waals surface area contributed by atoms with Crippen LogP contribution in [0.3, 0.4) is 0 Å². The summed E-state index contributed by atoms with van der Waals surface area (Å²) in [5.41, 5.74) is 2.51. The van der Waals surface area contributed by atoms with Gasteiger partial charge >= 0.3 is 0 Å². The monoisotopic (exact) mass is 437 g/mol. The van der Waals surface area contributed by atoms with E-state index in [0.29, 0.717) is 19.3 Å². The van der Waals surface area contributed by atoms with Gasteiger partial charge in [0.25, 0.3) is 0 Å². The molecule has 1 aliphatic rings. The number of ether oxygens (including phenoxy) is 1. The van der Waals surface area contributed by atoms with Gasteiger partial charge in [0.1, 0.15) is 0 Å². The average molecular weight is 438 g/mol. The molecule has 0 N–H and O–H groups in total. The summed E-state index contributed by atoms with van der Waals surface area (Å²) in [6.07, 6.45) is 0. The maximum Gasteiger partial charge on any atom is 0.226 e. The van der Waals surface area contributed by atoms with Gasteiger partial charge in [-0.3, -0.25) is 9.47 Å². The second kappa shape index (κ2) is 10.2. The molecule has 1 aromatic heterocycles. The lowest BCUT2D eigenvalue weighted by Crippen LogP contribution is -2.38. The smallest absolute Gasteiger partial charge is 0.226 e. The normalized spacial score (nSPS) is 14.5. The van der Waals surface area contributed by atoms with Crippen molar-refractivity contribution in [3.63, 3.8) is 0 Å². The van der Waals surface area contributed by atoms with E-state index in [4.69, 9.17) is 22.1 Å². The van der Waals surface area contributed by atoms with E-state index in [1.54, 1.807) is 0 Å². The maximum atomic E-state index is 5.93. The summed E-state index contributed by atoms with van der Waals surface area (Å²) in [6.45, 7) is 9.77. The van der Waals surface area contributed by atoms with Crippen molar-refractivity contribution in [2.75, 3.05) is 31.2 Å². The van der Waals surface area contributed by atoms with Crippen LogP contribution >= 0.6 is 12.2 Å². The van der Waals surface area contributed by atoms with Crippen LogP contribution in [0, 0.1) is 4.77 Å². The molecular weight excluding hydrogens is 406 g/mol. The van der Waals surface area contributed by atoms with E-state index >= 15 is 0 Å². The SMILES string of the molecule is CC(C)N(Cc1ccccc1)Cn1nc(N2CCOCC2)n(Cc2ccccc2)c1=S. The molecule has 0 radical (unpaired) electrons. The molecule has 0 aliphatic carbocycles. The Kier molecular flexibility index (Phi) is 7.17. The Morgan fingerprint density at radius 3 is 2.19 bits per heavy atom. The third-order valence-electron chi connectivity index (χ3n) is 5.66. The summed E-state index contributed by atoms with van der Waals surface area (Å²) < 4.78 is 10.5. The molecule has 2 aromatic carbocycles. The molecule has 0 amide bonds. The zero-order valence-corrected chi connectivity index (χ0v) is 19.2. The predicted octanol–water partition coefficient (Wildman–Crippen LogP) is 4.17. The van der Waals surface area contributed by atoms with Crippen molar-refractivity contribution >= 4 is 18.2 Å². The standard InChI is InChI=1S/C24H31N5OS/c1-20(2)27(17-21-9-5-3-6-10-21)19-29-24(31)28(18-22-11-7-4-8-12-22)23(25-29)26-13-15-30-16-14-26/h3-12,20H,13-19H2,1-2H3. The Bertz CT molecular complexity index is 1010. The molecule has 0 bridgehead atoms. The minimum absolute atomic E-state index is 0.369. The summed E-state index contributed by atoms with van der Waals surface area (Å²) in [4.78, 5) is 4.68. The summed E-state index contributed by atoms with van der Waals surface area (Å²) in [7, 11) is 0. The summed E-state index contributed by atoms with van der Waals surface area (Å²) in [5.74, 6) is 0.931. The van der Waals surface area contributed by atoms with Gasteiger partial charge in [0.15, 0.2) is 0 Å². The van der Waals surface area contributed by atoms with E-state index in [1.807, 2.05) is 10.7 Å². The van der Waals surface area contributed by atoms with E-state index < -0.39 is 0 Å². The molecule has 1 fully saturated rings. The Hall–Kier alpha value is -2.48. The van der Waals surface area contributed by atoms with Crippen LogP contribution in [0.15, 0.2) is 60.7 Å². The molecule has 7 heteroatoms. The van der Waals surface area contributed by atoms with E-state index in [0.717, 1.165) is 43.6 Å². The fraction of sp³-hybridized carbons (Fsp3) is 0.417. The highest BCUT2D eigenvalue weighted by atomic mass is 32.1. The van der Waals surface area contributed by atoms with E-state index in [-0.39, 0.29) is 0 Å². The van der Waals surface area contributed by atoms with Crippen LogP contribution in [0.5, 0.6) is 0 Å². The molecule has 1 saturated heterocycles. The van der Waals surface area contributed by atoms with Crippen molar-refractivity contribution in [2.24, 2.45) is 0 Å². The molecule has 164 valence electrons. The Balaban J connectivity index is 1.64. The lowest BCUT2D eigenvalue weighted by Gasteiger charge is -2.28. The van der Waals surface area contributed by atoms with Gasteiger partial charge in [-0.15, -0.1) is 5.10 Å². The Morgan fingerprint density at radius 2 is 1.58 bits per heavy atom. The molecule has 31 heavy (non-hydrogen) atoms. The first-order valence-corrected chi connectivity index (χ1v) is 11.3. The van der Waals surface area contributed by atoms with E-state index in [1.165, 1.54) is 11.1 Å². The lowest BCUT2D eigenvalue weighted by atomic mass is 10.2. The van der Waals surface area contributed by atoms with Gasteiger partial charge in [0.05, 0.1) is 26.4 Å². The molecule has 0 atom stereocenters. The molecule has 3 aromatic rings. The van der Waals surface area contributed by atoms with Gasteiger partial charge in [0, 0.05) is 25.7 Å². The Labute approximate surface area is 189 Å². The quantitative estimate of drug-likeness (QED) is 0.495. The lowest BCUT2D eigenvalue weighted by molar-refractivity contribution is 0.121. The third-order valence-corrected chi connectivity index (χ3v) is 6.09. The zero-order valence-electron chi connectivity index (χ0n) is 18.4. The highest BCUT2D eigenvalue weighted by Gasteiger charge is 2.21. The van der Waals surface area contributed by atoms with E-state index in [2.05, 4.69) is 82.8 Å². The van der Waals surface area contributed by atoms with Crippen molar-refractivity contribution in [2.45, 2.75) is 39.6 Å². The summed E-state index contributed by atoms with van der Waals surface area (Å²) >= 11 is 5.93. The van der Waals surface area contributed by atoms with Gasteiger partial charge in [-0.05, 0) is 37.2 Å². The van der Waals surface area contributed by atoms with Crippen molar-refractivity contribution < 1.29 is 4.74 Å². The molecule has 0 unspecified atom stereocenters. The summed E-state index contributed by atoms with van der Waals surface area (Å²) in [5, 5.41) is 5.00. The molecule has 0 saturated carbocycles. The first-order valence-electron chi connectivity index (χ1n) is 10.9. The van der Waals surface area contributed by atoms with Crippen LogP contribution in [0.2, 0.25) is 0 Å². The molecule has 6 nitrogen and oxygen atoms in total. The number of hydrogen-bond acceptors (Lipinski definition) is 5. The van der Waals surface area contributed by atoms with Crippen molar-refractivity contribution in [3.05, 3.63) is 76.6 Å².